The van der Waals surface area contributed by atoms with Crippen LogP contribution < -0.4 is 16.8 Å². The molecule has 0 bridgehead atoms. The molecule has 1 spiro atoms. The summed E-state index contributed by atoms with van der Waals surface area (Å²) in [6.45, 7) is -1.33. The Kier molecular flexibility index (Phi) is 8.55. The fourth-order valence-electron chi connectivity index (χ4n) is 5.23. The molecule has 0 aromatic carbocycles. The van der Waals surface area contributed by atoms with E-state index in [9.17, 15) is 40.9 Å². The lowest BCUT2D eigenvalue weighted by Gasteiger charge is -2.46. The molecule has 1 aliphatic carbocycles. The average molecular weight is 528 g/mol. The van der Waals surface area contributed by atoms with Crippen molar-refractivity contribution in [2.24, 2.45) is 11.5 Å². The fraction of sp³-hybridized carbons (Fsp3) is 1.00. The van der Waals surface area contributed by atoms with Crippen molar-refractivity contribution in [1.82, 2.24) is 5.32 Å². The lowest BCUT2D eigenvalue weighted by molar-refractivity contribution is -0.439. The van der Waals surface area contributed by atoms with Crippen molar-refractivity contribution >= 4 is 0 Å². The topological polar surface area (TPSA) is 272 Å². The number of nitrogens with one attached hydrogen (secondary N) is 1. The van der Waals surface area contributed by atoms with Gasteiger partial charge >= 0.3 is 5.97 Å². The van der Waals surface area contributed by atoms with Gasteiger partial charge in [0, 0.05) is 12.1 Å². The van der Waals surface area contributed by atoms with E-state index in [0.717, 1.165) is 0 Å². The molecule has 210 valence electrons. The first kappa shape index (κ1) is 28.4. The molecule has 3 aliphatic heterocycles. The van der Waals surface area contributed by atoms with Gasteiger partial charge in [-0.15, -0.1) is 0 Å². The Morgan fingerprint density at radius 3 is 2.22 bits per heavy atom. The summed E-state index contributed by atoms with van der Waals surface area (Å²) in [6.07, 6.45) is -17.7. The SMILES string of the molecule is CN[C@H]1C[C@@H](N)[C@H](O)[C@@H](O[C@@H]2O[C@H](CO)[C@H](O)[C@@H]3OC4(OC([C@H](N)CO)[C@@H](O)[C@@H](O)C4O)O[C@H]23)[C@@H]1O. The van der Waals surface area contributed by atoms with Crippen molar-refractivity contribution in [3.63, 3.8) is 0 Å². The van der Waals surface area contributed by atoms with Gasteiger partial charge in [0.25, 0.3) is 0 Å². The third-order valence-corrected chi connectivity index (χ3v) is 7.42. The van der Waals surface area contributed by atoms with E-state index in [-0.39, 0.29) is 6.42 Å². The van der Waals surface area contributed by atoms with Crippen LogP contribution in [0, 0.1) is 0 Å². The average Bonchev–Trinajstić information content (AvgIpc) is 3.27. The van der Waals surface area contributed by atoms with Crippen LogP contribution in [0.5, 0.6) is 0 Å². The minimum Gasteiger partial charge on any atom is -0.395 e. The van der Waals surface area contributed by atoms with Crippen LogP contribution in [-0.2, 0) is 23.7 Å². The smallest absolute Gasteiger partial charge is 0.314 e. The van der Waals surface area contributed by atoms with Gasteiger partial charge in [-0.1, -0.05) is 0 Å². The van der Waals surface area contributed by atoms with Crippen LogP contribution >= 0.6 is 0 Å². The number of nitrogens with two attached hydrogens (primary N) is 2. The molecule has 4 aliphatic rings. The Bertz CT molecular complexity index is 756. The molecule has 3 saturated heterocycles. The highest BCUT2D eigenvalue weighted by molar-refractivity contribution is 5.05. The van der Waals surface area contributed by atoms with Crippen LogP contribution in [-0.4, -0.2) is 159 Å². The van der Waals surface area contributed by atoms with Gasteiger partial charge in [0.1, 0.15) is 48.8 Å². The summed E-state index contributed by atoms with van der Waals surface area (Å²) in [4.78, 5) is 0. The van der Waals surface area contributed by atoms with E-state index >= 15 is 0 Å². The predicted octanol–water partition coefficient (Wildman–Crippen LogP) is -7.27. The summed E-state index contributed by atoms with van der Waals surface area (Å²) in [5.41, 5.74) is 11.8. The maximum Gasteiger partial charge on any atom is 0.314 e. The second-order valence-electron chi connectivity index (χ2n) is 9.72. The third kappa shape index (κ3) is 4.68. The quantitative estimate of drug-likeness (QED) is 0.153. The summed E-state index contributed by atoms with van der Waals surface area (Å²) in [5, 5.41) is 85.6. The first-order chi connectivity index (χ1) is 17.0. The van der Waals surface area contributed by atoms with E-state index in [1.165, 1.54) is 0 Å². The molecule has 1 saturated carbocycles. The first-order valence-electron chi connectivity index (χ1n) is 11.8. The second-order valence-corrected chi connectivity index (χ2v) is 9.72. The fourth-order valence-corrected chi connectivity index (χ4v) is 5.23. The molecule has 0 amide bonds. The van der Waals surface area contributed by atoms with Crippen molar-refractivity contribution < 1.29 is 64.5 Å². The van der Waals surface area contributed by atoms with E-state index < -0.39 is 111 Å². The number of aliphatic hydroxyl groups is 8. The molecule has 13 N–H and O–H groups in total. The normalized spacial score (nSPS) is 54.4. The van der Waals surface area contributed by atoms with Crippen LogP contribution in [0.2, 0.25) is 0 Å². The highest BCUT2D eigenvalue weighted by atomic mass is 16.9. The zero-order valence-corrected chi connectivity index (χ0v) is 19.6. The van der Waals surface area contributed by atoms with Crippen LogP contribution in [0.3, 0.4) is 0 Å². The highest BCUT2D eigenvalue weighted by Crippen LogP contribution is 2.45. The third-order valence-electron chi connectivity index (χ3n) is 7.42. The van der Waals surface area contributed by atoms with Gasteiger partial charge in [-0.3, -0.25) is 0 Å². The number of ether oxygens (including phenoxy) is 5. The highest BCUT2D eigenvalue weighted by Gasteiger charge is 2.67. The van der Waals surface area contributed by atoms with Crippen molar-refractivity contribution in [2.45, 2.75) is 104 Å². The summed E-state index contributed by atoms with van der Waals surface area (Å²) in [7, 11) is 1.60. The molecule has 3 unspecified atom stereocenters. The Balaban J connectivity index is 1.62. The van der Waals surface area contributed by atoms with E-state index in [1.807, 2.05) is 0 Å². The number of aliphatic hydroxyl groups excluding tert-OH is 8. The lowest BCUT2D eigenvalue weighted by Crippen LogP contribution is -2.69. The minimum atomic E-state index is -2.48. The predicted molar refractivity (Wildman–Crippen MR) is 115 cm³/mol. The maximum atomic E-state index is 10.7. The zero-order chi connectivity index (χ0) is 26.5. The van der Waals surface area contributed by atoms with Crippen molar-refractivity contribution in [3.8, 4) is 0 Å². The molecular formula is C20H37N3O13. The van der Waals surface area contributed by atoms with Gasteiger partial charge in [0.05, 0.1) is 31.5 Å². The molecule has 16 atom stereocenters. The van der Waals surface area contributed by atoms with Crippen LogP contribution in [0.15, 0.2) is 0 Å². The number of likely N-dealkylation sites (N-methyl/N-ethyl adjacent to an activating group) is 1. The van der Waals surface area contributed by atoms with Gasteiger partial charge in [-0.05, 0) is 13.5 Å². The van der Waals surface area contributed by atoms with Crippen LogP contribution in [0.1, 0.15) is 6.42 Å². The summed E-state index contributed by atoms with van der Waals surface area (Å²) in [6, 6.07) is -2.50. The zero-order valence-electron chi connectivity index (χ0n) is 19.6. The molecule has 0 aromatic rings. The molecule has 0 radical (unpaired) electrons. The summed E-state index contributed by atoms with van der Waals surface area (Å²) >= 11 is 0. The van der Waals surface area contributed by atoms with Gasteiger partial charge in [0.2, 0.25) is 0 Å². The van der Waals surface area contributed by atoms with Crippen molar-refractivity contribution in [3.05, 3.63) is 0 Å². The van der Waals surface area contributed by atoms with Gasteiger partial charge < -0.3 is 81.3 Å². The Labute approximate surface area is 206 Å². The lowest BCUT2D eigenvalue weighted by atomic mass is 9.84. The summed E-state index contributed by atoms with van der Waals surface area (Å²) < 4.78 is 28.7. The van der Waals surface area contributed by atoms with E-state index in [4.69, 9.17) is 35.2 Å². The van der Waals surface area contributed by atoms with E-state index in [0.29, 0.717) is 0 Å². The molecule has 4 fully saturated rings. The standard InChI is InChI=1S/C20H37N3O13/c1-23-7-2-5(21)9(26)15(10(7)27)33-19-17-16(11(28)8(4-25)32-19)35-20(36-17)18(31)13(30)12(29)14(34-20)6(22)3-24/h5-19,23-31H,2-4,21-22H2,1H3/t5-,6-,7+,8-,9+,10-,11+,12+,13-,14?,15-,16+,17+,18?,19+,20?/m1/s1. The number of hydrogen-bond acceptors (Lipinski definition) is 16. The van der Waals surface area contributed by atoms with E-state index in [2.05, 4.69) is 5.32 Å². The van der Waals surface area contributed by atoms with Gasteiger partial charge in [-0.2, -0.15) is 0 Å². The number of fused-ring (bicyclic) bond motifs is 1. The molecule has 16 heteroatoms. The Morgan fingerprint density at radius 1 is 0.944 bits per heavy atom. The molecule has 36 heavy (non-hydrogen) atoms. The van der Waals surface area contributed by atoms with Crippen LogP contribution in [0.4, 0.5) is 0 Å². The molecule has 3 heterocycles. The second kappa shape index (κ2) is 10.9. The Morgan fingerprint density at radius 2 is 1.61 bits per heavy atom. The van der Waals surface area contributed by atoms with Crippen molar-refractivity contribution in [1.29, 1.82) is 0 Å². The largest absolute Gasteiger partial charge is 0.395 e. The van der Waals surface area contributed by atoms with Crippen LogP contribution in [0.25, 0.3) is 0 Å². The summed E-state index contributed by atoms with van der Waals surface area (Å²) in [5.74, 6) is -2.48. The Hall–Kier alpha value is -0.640. The molecule has 16 nitrogen and oxygen atoms in total. The van der Waals surface area contributed by atoms with E-state index in [1.54, 1.807) is 7.05 Å². The minimum absolute atomic E-state index is 0.254. The molecular weight excluding hydrogens is 490 g/mol. The monoisotopic (exact) mass is 527 g/mol. The van der Waals surface area contributed by atoms with Gasteiger partial charge in [0.15, 0.2) is 12.4 Å². The van der Waals surface area contributed by atoms with Gasteiger partial charge in [-0.25, -0.2) is 0 Å². The molecule has 0 aromatic heterocycles. The number of hydrogen-bond donors (Lipinski definition) is 11. The van der Waals surface area contributed by atoms with Crippen molar-refractivity contribution in [2.75, 3.05) is 20.3 Å². The first-order valence-corrected chi connectivity index (χ1v) is 11.8. The maximum absolute atomic E-state index is 10.7. The number of rotatable bonds is 6. The molecule has 4 rings (SSSR count).